The Labute approximate surface area is 153 Å². The van der Waals surface area contributed by atoms with E-state index in [9.17, 15) is 19.8 Å². The van der Waals surface area contributed by atoms with Crippen molar-refractivity contribution in [2.75, 3.05) is 0 Å². The molecule has 0 aliphatic heterocycles. The Bertz CT molecular complexity index is 1500. The highest BCUT2D eigenvalue weighted by Gasteiger charge is 2.16. The van der Waals surface area contributed by atoms with Gasteiger partial charge in [0.2, 0.25) is 0 Å². The number of phenolic OH excluding ortho intramolecular Hbond substituents is 2. The summed E-state index contributed by atoms with van der Waals surface area (Å²) in [5.74, 6) is -0.0287. The van der Waals surface area contributed by atoms with E-state index < -0.39 is 0 Å². The molecule has 5 rings (SSSR count). The number of benzene rings is 4. The van der Waals surface area contributed by atoms with Gasteiger partial charge in [-0.3, -0.25) is 9.59 Å². The average molecular weight is 378 g/mol. The Hall–Kier alpha value is -2.96. The molecule has 6 heteroatoms. The van der Waals surface area contributed by atoms with E-state index in [0.29, 0.717) is 14.1 Å². The summed E-state index contributed by atoms with van der Waals surface area (Å²) in [5, 5.41) is 22.9. The van der Waals surface area contributed by atoms with Crippen molar-refractivity contribution >= 4 is 63.0 Å². The lowest BCUT2D eigenvalue weighted by Crippen LogP contribution is -2.09. The zero-order valence-electron chi connectivity index (χ0n) is 13.1. The van der Waals surface area contributed by atoms with E-state index in [1.54, 1.807) is 0 Å². The fourth-order valence-electron chi connectivity index (χ4n) is 3.29. The van der Waals surface area contributed by atoms with Crippen LogP contribution in [0.2, 0.25) is 0 Å². The molecular weight excluding hydrogens is 368 g/mol. The maximum Gasteiger partial charge on any atom is 0.190 e. The Balaban J connectivity index is 2.09. The predicted octanol–water partition coefficient (Wildman–Crippen LogP) is 4.55. The molecule has 1 heterocycles. The van der Waals surface area contributed by atoms with Crippen molar-refractivity contribution in [1.29, 1.82) is 0 Å². The van der Waals surface area contributed by atoms with Gasteiger partial charge >= 0.3 is 0 Å². The normalized spacial score (nSPS) is 11.7. The third-order valence-corrected chi connectivity index (χ3v) is 7.06. The van der Waals surface area contributed by atoms with Crippen LogP contribution < -0.4 is 10.9 Å². The number of hydrogen-bond donors (Lipinski definition) is 2. The van der Waals surface area contributed by atoms with Gasteiger partial charge in [-0.1, -0.05) is 24.3 Å². The van der Waals surface area contributed by atoms with E-state index in [0.717, 1.165) is 15.5 Å². The van der Waals surface area contributed by atoms with Crippen LogP contribution in [0.5, 0.6) is 11.5 Å². The first-order valence-corrected chi connectivity index (χ1v) is 9.45. The smallest absolute Gasteiger partial charge is 0.190 e. The first kappa shape index (κ1) is 15.3. The fraction of sp³-hybridized carbons (Fsp3) is 0. The molecule has 0 aliphatic carbocycles. The minimum absolute atomic E-state index is 0.0535. The molecule has 1 aromatic heterocycles. The summed E-state index contributed by atoms with van der Waals surface area (Å²) in [6.07, 6.45) is 0. The van der Waals surface area contributed by atoms with Crippen molar-refractivity contribution in [1.82, 2.24) is 0 Å². The zero-order chi connectivity index (χ0) is 18.0. The van der Waals surface area contributed by atoms with Gasteiger partial charge in [0.25, 0.3) is 0 Å². The molecule has 4 aromatic carbocycles. The van der Waals surface area contributed by atoms with Crippen molar-refractivity contribution in [2.24, 2.45) is 0 Å². The van der Waals surface area contributed by atoms with E-state index in [1.165, 1.54) is 40.9 Å². The number of hydrogen-bond acceptors (Lipinski definition) is 6. The van der Waals surface area contributed by atoms with Crippen LogP contribution in [-0.2, 0) is 0 Å². The molecule has 0 amide bonds. The van der Waals surface area contributed by atoms with Crippen molar-refractivity contribution in [2.45, 2.75) is 0 Å². The fourth-order valence-corrected chi connectivity index (χ4v) is 5.80. The molecule has 0 saturated heterocycles. The van der Waals surface area contributed by atoms with E-state index in [4.69, 9.17) is 0 Å². The van der Waals surface area contributed by atoms with E-state index in [1.807, 2.05) is 30.3 Å². The lowest BCUT2D eigenvalue weighted by Gasteiger charge is -2.09. The van der Waals surface area contributed by atoms with Gasteiger partial charge < -0.3 is 10.2 Å². The van der Waals surface area contributed by atoms with Gasteiger partial charge in [0, 0.05) is 14.8 Å². The second kappa shape index (κ2) is 5.27. The minimum atomic E-state index is -0.377. The minimum Gasteiger partial charge on any atom is -0.507 e. The van der Waals surface area contributed by atoms with Gasteiger partial charge in [-0.25, -0.2) is 0 Å². The quantitative estimate of drug-likeness (QED) is 0.306. The van der Waals surface area contributed by atoms with Gasteiger partial charge in [0.15, 0.2) is 10.9 Å². The van der Waals surface area contributed by atoms with Crippen LogP contribution in [0.1, 0.15) is 0 Å². The van der Waals surface area contributed by atoms with Crippen LogP contribution in [0.4, 0.5) is 0 Å². The molecule has 26 heavy (non-hydrogen) atoms. The molecule has 0 aliphatic rings. The van der Waals surface area contributed by atoms with Crippen molar-refractivity contribution < 1.29 is 10.2 Å². The number of fused-ring (bicyclic) bond motifs is 5. The van der Waals surface area contributed by atoms with Crippen molar-refractivity contribution in [3.63, 3.8) is 0 Å². The molecule has 0 unspecified atom stereocenters. The molecule has 0 saturated carbocycles. The standard InChI is InChI=1S/C20H10O4S2/c21-11-5-6-12(22)17-16(11)13(23)8-15-19(17)25-14-7-9-3-1-2-4-10(9)18(24)20(14)26-15/h1-8,23-24H. The summed E-state index contributed by atoms with van der Waals surface area (Å²) in [6, 6.07) is 13.4. The average Bonchev–Trinajstić information content (AvgIpc) is 2.63. The molecule has 2 N–H and O–H groups in total. The summed E-state index contributed by atoms with van der Waals surface area (Å²) in [4.78, 5) is 24.6. The lowest BCUT2D eigenvalue weighted by molar-refractivity contribution is 0.482. The maximum absolute atomic E-state index is 12.4. The van der Waals surface area contributed by atoms with Crippen LogP contribution in [0, 0.1) is 0 Å². The van der Waals surface area contributed by atoms with E-state index in [2.05, 4.69) is 0 Å². The topological polar surface area (TPSA) is 74.6 Å². The number of aromatic hydroxyl groups is 2. The van der Waals surface area contributed by atoms with Gasteiger partial charge in [-0.2, -0.15) is 0 Å². The van der Waals surface area contributed by atoms with Crippen molar-refractivity contribution in [3.8, 4) is 11.5 Å². The van der Waals surface area contributed by atoms with Crippen LogP contribution in [0.15, 0.2) is 58.1 Å². The first-order chi connectivity index (χ1) is 12.5. The molecule has 0 fully saturated rings. The highest BCUT2D eigenvalue weighted by atomic mass is 32.1. The van der Waals surface area contributed by atoms with Gasteiger partial charge in [0.1, 0.15) is 11.5 Å². The molecule has 4 nitrogen and oxygen atoms in total. The highest BCUT2D eigenvalue weighted by Crippen LogP contribution is 2.44. The summed E-state index contributed by atoms with van der Waals surface area (Å²) in [7, 11) is 0. The predicted molar refractivity (Wildman–Crippen MR) is 108 cm³/mol. The van der Waals surface area contributed by atoms with Gasteiger partial charge in [-0.05, 0) is 29.7 Å². The lowest BCUT2D eigenvalue weighted by atomic mass is 10.1. The molecule has 0 spiro atoms. The van der Waals surface area contributed by atoms with Crippen LogP contribution in [0.25, 0.3) is 40.3 Å². The molecule has 0 atom stereocenters. The summed E-state index contributed by atoms with van der Waals surface area (Å²) >= 11 is 2.64. The Morgan fingerprint density at radius 2 is 1.38 bits per heavy atom. The van der Waals surface area contributed by atoms with Crippen LogP contribution >= 0.6 is 22.7 Å². The number of phenols is 2. The Morgan fingerprint density at radius 1 is 0.731 bits per heavy atom. The summed E-state index contributed by atoms with van der Waals surface area (Å²) in [6.45, 7) is 0. The molecule has 0 bridgehead atoms. The Morgan fingerprint density at radius 3 is 2.19 bits per heavy atom. The van der Waals surface area contributed by atoms with Crippen LogP contribution in [-0.4, -0.2) is 10.2 Å². The van der Waals surface area contributed by atoms with E-state index in [-0.39, 0.29) is 33.1 Å². The summed E-state index contributed by atoms with van der Waals surface area (Å²) in [5.41, 5.74) is -0.675. The van der Waals surface area contributed by atoms with Gasteiger partial charge in [-0.15, -0.1) is 22.7 Å². The van der Waals surface area contributed by atoms with Crippen molar-refractivity contribution in [3.05, 3.63) is 69.0 Å². The first-order valence-electron chi connectivity index (χ1n) is 7.81. The zero-order valence-corrected chi connectivity index (χ0v) is 14.8. The summed E-state index contributed by atoms with van der Waals surface area (Å²) < 4.78 is 2.81. The SMILES string of the molecule is O=c1ccc(=O)c2c1c(O)cc1sc3c(O)c4ccccc4cc3sc12. The highest BCUT2D eigenvalue weighted by molar-refractivity contribution is 7.37. The largest absolute Gasteiger partial charge is 0.507 e. The molecule has 5 aromatic rings. The third kappa shape index (κ3) is 2.00. The molecule has 126 valence electrons. The molecular formula is C20H10O4S2. The third-order valence-electron chi connectivity index (χ3n) is 4.47. The van der Waals surface area contributed by atoms with E-state index >= 15 is 0 Å². The molecule has 0 radical (unpaired) electrons. The monoisotopic (exact) mass is 378 g/mol. The van der Waals surface area contributed by atoms with Gasteiger partial charge in [0.05, 0.1) is 20.2 Å². The maximum atomic E-state index is 12.4. The second-order valence-corrected chi connectivity index (χ2v) is 8.12. The Kier molecular flexibility index (Phi) is 3.10. The number of rotatable bonds is 0. The van der Waals surface area contributed by atoms with Crippen LogP contribution in [0.3, 0.4) is 0 Å². The second-order valence-electron chi connectivity index (χ2n) is 6.01.